The van der Waals surface area contributed by atoms with Crippen LogP contribution in [0, 0.1) is 5.82 Å². The van der Waals surface area contributed by atoms with Crippen LogP contribution in [-0.2, 0) is 0 Å². The fourth-order valence-electron chi connectivity index (χ4n) is 1.31. The van der Waals surface area contributed by atoms with Crippen molar-refractivity contribution in [3.63, 3.8) is 0 Å². The molecule has 18 heavy (non-hydrogen) atoms. The molecule has 0 saturated heterocycles. The lowest BCUT2D eigenvalue weighted by Crippen LogP contribution is -1.91. The molecule has 0 aliphatic heterocycles. The second kappa shape index (κ2) is 5.70. The van der Waals surface area contributed by atoms with Crippen LogP contribution in [0.3, 0.4) is 0 Å². The summed E-state index contributed by atoms with van der Waals surface area (Å²) in [7, 11) is 0. The van der Waals surface area contributed by atoms with E-state index in [1.54, 1.807) is 18.2 Å². The molecule has 0 fully saturated rings. The highest BCUT2D eigenvalue weighted by Gasteiger charge is 2.10. The molecule has 0 aliphatic rings. The van der Waals surface area contributed by atoms with E-state index in [1.165, 1.54) is 23.9 Å². The number of anilines is 1. The molecule has 2 N–H and O–H groups in total. The van der Waals surface area contributed by atoms with Crippen LogP contribution in [0.1, 0.15) is 0 Å². The molecule has 2 rings (SSSR count). The fraction of sp³-hybridized carbons (Fsp3) is 0. The van der Waals surface area contributed by atoms with Gasteiger partial charge in [0.2, 0.25) is 0 Å². The minimum Gasteiger partial charge on any atom is -0.398 e. The van der Waals surface area contributed by atoms with Gasteiger partial charge in [0, 0.05) is 20.5 Å². The third-order valence-corrected chi connectivity index (χ3v) is 4.58. The van der Waals surface area contributed by atoms with Crippen LogP contribution in [0.5, 0.6) is 0 Å². The predicted molar refractivity (Wildman–Crippen MR) is 79.1 cm³/mol. The van der Waals surface area contributed by atoms with Crippen molar-refractivity contribution in [2.45, 2.75) is 9.79 Å². The summed E-state index contributed by atoms with van der Waals surface area (Å²) in [6.45, 7) is 0. The third-order valence-electron chi connectivity index (χ3n) is 2.17. The molecule has 6 heteroatoms. The van der Waals surface area contributed by atoms with E-state index in [0.717, 1.165) is 4.90 Å². The van der Waals surface area contributed by atoms with Crippen LogP contribution in [0.25, 0.3) is 0 Å². The van der Waals surface area contributed by atoms with Gasteiger partial charge in [-0.3, -0.25) is 0 Å². The largest absolute Gasteiger partial charge is 0.398 e. The van der Waals surface area contributed by atoms with E-state index in [9.17, 15) is 4.39 Å². The summed E-state index contributed by atoms with van der Waals surface area (Å²) in [6, 6.07) is 7.99. The molecule has 2 aromatic rings. The first-order valence-corrected chi connectivity index (χ1v) is 7.21. The Morgan fingerprint density at radius 3 is 2.56 bits per heavy atom. The highest BCUT2D eigenvalue weighted by atomic mass is 79.9. The first-order valence-electron chi connectivity index (χ1n) is 4.85. The Morgan fingerprint density at radius 2 is 1.83 bits per heavy atom. The molecule has 94 valence electrons. The summed E-state index contributed by atoms with van der Waals surface area (Å²) in [5.74, 6) is -0.371. The van der Waals surface area contributed by atoms with Crippen molar-refractivity contribution in [1.82, 2.24) is 0 Å². The first kappa shape index (κ1) is 14.0. The average molecular weight is 367 g/mol. The highest BCUT2D eigenvalue weighted by molar-refractivity contribution is 9.10. The summed E-state index contributed by atoms with van der Waals surface area (Å²) in [4.78, 5) is 1.33. The van der Waals surface area contributed by atoms with Crippen molar-refractivity contribution >= 4 is 56.6 Å². The van der Waals surface area contributed by atoms with Crippen LogP contribution in [-0.4, -0.2) is 0 Å². The lowest BCUT2D eigenvalue weighted by atomic mass is 10.3. The van der Waals surface area contributed by atoms with E-state index >= 15 is 0 Å². The number of hydrogen-bond donors (Lipinski definition) is 1. The van der Waals surface area contributed by atoms with Crippen LogP contribution in [0.2, 0.25) is 10.0 Å². The Balaban J connectivity index is 2.40. The Morgan fingerprint density at radius 1 is 1.11 bits per heavy atom. The van der Waals surface area contributed by atoms with Gasteiger partial charge in [0.1, 0.15) is 5.82 Å². The Labute approximate surface area is 127 Å². The second-order valence-corrected chi connectivity index (χ2v) is 6.26. The van der Waals surface area contributed by atoms with E-state index in [-0.39, 0.29) is 5.82 Å². The summed E-state index contributed by atoms with van der Waals surface area (Å²) < 4.78 is 13.8. The van der Waals surface area contributed by atoms with Gasteiger partial charge in [-0.15, -0.1) is 0 Å². The molecule has 0 aliphatic carbocycles. The van der Waals surface area contributed by atoms with Crippen LogP contribution in [0.15, 0.2) is 44.6 Å². The normalized spacial score (nSPS) is 10.7. The Kier molecular flexibility index (Phi) is 4.43. The minimum atomic E-state index is -0.371. The van der Waals surface area contributed by atoms with Crippen molar-refractivity contribution in [3.8, 4) is 0 Å². The van der Waals surface area contributed by atoms with Gasteiger partial charge in [-0.25, -0.2) is 4.39 Å². The van der Waals surface area contributed by atoms with Crippen LogP contribution in [0.4, 0.5) is 10.1 Å². The molecule has 0 bridgehead atoms. The summed E-state index contributed by atoms with van der Waals surface area (Å²) in [5.41, 5.74) is 6.31. The zero-order valence-electron chi connectivity index (χ0n) is 8.88. The number of hydrogen-bond acceptors (Lipinski definition) is 2. The Hall–Kier alpha value is -0.420. The van der Waals surface area contributed by atoms with E-state index in [0.29, 0.717) is 25.1 Å². The Bertz CT molecular complexity index is 607. The minimum absolute atomic E-state index is 0.335. The molecular formula is C12H7BrCl2FNS. The molecule has 2 aromatic carbocycles. The third kappa shape index (κ3) is 3.12. The molecule has 0 spiro atoms. The zero-order chi connectivity index (χ0) is 13.3. The van der Waals surface area contributed by atoms with Gasteiger partial charge in [0.05, 0.1) is 9.50 Å². The molecule has 0 radical (unpaired) electrons. The molecule has 1 nitrogen and oxygen atoms in total. The number of rotatable bonds is 2. The van der Waals surface area contributed by atoms with Gasteiger partial charge in [-0.05, 0) is 46.3 Å². The van der Waals surface area contributed by atoms with Crippen molar-refractivity contribution in [3.05, 3.63) is 50.7 Å². The van der Waals surface area contributed by atoms with Crippen LogP contribution < -0.4 is 5.73 Å². The molecule has 0 atom stereocenters. The molecule has 0 heterocycles. The van der Waals surface area contributed by atoms with Crippen molar-refractivity contribution in [1.29, 1.82) is 0 Å². The maximum atomic E-state index is 13.5. The van der Waals surface area contributed by atoms with E-state index in [2.05, 4.69) is 15.9 Å². The number of halogens is 4. The van der Waals surface area contributed by atoms with Gasteiger partial charge in [-0.2, -0.15) is 0 Å². The quantitative estimate of drug-likeness (QED) is 0.697. The highest BCUT2D eigenvalue weighted by Crippen LogP contribution is 2.39. The molecule has 0 unspecified atom stereocenters. The number of nitrogens with two attached hydrogens (primary N) is 1. The summed E-state index contributed by atoms with van der Waals surface area (Å²) in [5, 5.41) is 1.12. The summed E-state index contributed by atoms with van der Waals surface area (Å²) >= 11 is 16.3. The van der Waals surface area contributed by atoms with Crippen molar-refractivity contribution in [2.75, 3.05) is 5.73 Å². The van der Waals surface area contributed by atoms with Crippen LogP contribution >= 0.6 is 50.9 Å². The smallest absolute Gasteiger partial charge is 0.138 e. The predicted octanol–water partition coefficient (Wildman–Crippen LogP) is 5.63. The van der Waals surface area contributed by atoms with E-state index in [1.807, 2.05) is 0 Å². The van der Waals surface area contributed by atoms with Gasteiger partial charge in [0.15, 0.2) is 0 Å². The molecule has 0 saturated carbocycles. The first-order chi connectivity index (χ1) is 8.47. The van der Waals surface area contributed by atoms with Crippen molar-refractivity contribution in [2.24, 2.45) is 0 Å². The van der Waals surface area contributed by atoms with Gasteiger partial charge in [-0.1, -0.05) is 35.0 Å². The van der Waals surface area contributed by atoms with Crippen molar-refractivity contribution < 1.29 is 4.39 Å². The second-order valence-electron chi connectivity index (χ2n) is 3.48. The maximum Gasteiger partial charge on any atom is 0.138 e. The van der Waals surface area contributed by atoms with E-state index in [4.69, 9.17) is 28.9 Å². The lowest BCUT2D eigenvalue weighted by molar-refractivity contribution is 0.618. The van der Waals surface area contributed by atoms with Gasteiger partial charge >= 0.3 is 0 Å². The number of benzene rings is 2. The SMILES string of the molecule is Nc1cc(Br)c(F)cc1Sc1cc(Cl)ccc1Cl. The number of nitrogen functional groups attached to an aromatic ring is 1. The topological polar surface area (TPSA) is 26.0 Å². The maximum absolute atomic E-state index is 13.5. The lowest BCUT2D eigenvalue weighted by Gasteiger charge is -2.08. The van der Waals surface area contributed by atoms with Gasteiger partial charge < -0.3 is 5.73 Å². The fourth-order valence-corrected chi connectivity index (χ4v) is 3.06. The van der Waals surface area contributed by atoms with Gasteiger partial charge in [0.25, 0.3) is 0 Å². The monoisotopic (exact) mass is 365 g/mol. The molecular weight excluding hydrogens is 360 g/mol. The summed E-state index contributed by atoms with van der Waals surface area (Å²) in [6.07, 6.45) is 0. The standard InChI is InChI=1S/C12H7BrCl2FNS/c13-7-4-10(17)12(5-9(7)16)18-11-3-6(14)1-2-8(11)15/h1-5H,17H2. The zero-order valence-corrected chi connectivity index (χ0v) is 12.8. The van der Waals surface area contributed by atoms with E-state index < -0.39 is 0 Å². The molecule has 0 amide bonds. The molecule has 0 aromatic heterocycles. The average Bonchev–Trinajstić information content (AvgIpc) is 2.30.